The number of hydrogen-bond acceptors (Lipinski definition) is 3. The lowest BCUT2D eigenvalue weighted by molar-refractivity contribution is -0.105. The van der Waals surface area contributed by atoms with E-state index in [4.69, 9.17) is 5.11 Å². The molecule has 0 radical (unpaired) electrons. The summed E-state index contributed by atoms with van der Waals surface area (Å²) in [5.74, 6) is -0.246. The number of amides is 1. The van der Waals surface area contributed by atoms with Crippen molar-refractivity contribution in [1.29, 1.82) is 0 Å². The van der Waals surface area contributed by atoms with E-state index >= 15 is 0 Å². The van der Waals surface area contributed by atoms with Gasteiger partial charge in [0.25, 0.3) is 0 Å². The number of carboxylic acid groups (broad SMARTS) is 1. The Hall–Kier alpha value is -2.27. The minimum atomic E-state index is -0.918. The van der Waals surface area contributed by atoms with Crippen molar-refractivity contribution in [3.05, 3.63) is 59.7 Å². The normalized spacial score (nSPS) is 10.0. The largest absolute Gasteiger partial charge is 0.478 e. The molecule has 5 heteroatoms. The van der Waals surface area contributed by atoms with Gasteiger partial charge in [-0.25, -0.2) is 4.79 Å². The van der Waals surface area contributed by atoms with Crippen LogP contribution in [0.4, 0.5) is 5.69 Å². The first kappa shape index (κ1) is 14.1. The van der Waals surface area contributed by atoms with Crippen molar-refractivity contribution >= 4 is 29.8 Å². The van der Waals surface area contributed by atoms with Gasteiger partial charge in [0, 0.05) is 16.3 Å². The Labute approximate surface area is 120 Å². The fourth-order valence-electron chi connectivity index (χ4n) is 1.70. The Morgan fingerprint density at radius 2 is 1.85 bits per heavy atom. The molecule has 0 aliphatic heterocycles. The molecule has 2 aromatic carbocycles. The van der Waals surface area contributed by atoms with Gasteiger partial charge in [0.1, 0.15) is 0 Å². The molecule has 2 N–H and O–H groups in total. The summed E-state index contributed by atoms with van der Waals surface area (Å²) < 4.78 is 0. The van der Waals surface area contributed by atoms with Crippen LogP contribution in [0.15, 0.2) is 53.4 Å². The van der Waals surface area contributed by atoms with Crippen LogP contribution in [0.1, 0.15) is 15.9 Å². The zero-order valence-corrected chi connectivity index (χ0v) is 11.4. The first-order chi connectivity index (χ1) is 9.70. The van der Waals surface area contributed by atoms with E-state index in [-0.39, 0.29) is 0 Å². The summed E-state index contributed by atoms with van der Waals surface area (Å²) in [5, 5.41) is 11.7. The summed E-state index contributed by atoms with van der Waals surface area (Å²) in [6.45, 7) is 0. The maximum atomic E-state index is 11.1. The van der Waals surface area contributed by atoms with Gasteiger partial charge in [-0.3, -0.25) is 4.79 Å². The number of benzene rings is 2. The van der Waals surface area contributed by atoms with Crippen LogP contribution in [0.3, 0.4) is 0 Å². The molecular formula is C15H13NO3S. The molecule has 2 aromatic rings. The van der Waals surface area contributed by atoms with Crippen LogP contribution in [0.2, 0.25) is 0 Å². The van der Waals surface area contributed by atoms with Crippen molar-refractivity contribution in [3.63, 3.8) is 0 Å². The predicted octanol–water partition coefficient (Wildman–Crippen LogP) is 3.25. The van der Waals surface area contributed by atoms with Gasteiger partial charge in [-0.2, -0.15) is 0 Å². The number of nitrogens with one attached hydrogen (secondary N) is 1. The average Bonchev–Trinajstić information content (AvgIpc) is 2.47. The quantitative estimate of drug-likeness (QED) is 0.632. The topological polar surface area (TPSA) is 66.4 Å². The number of rotatable bonds is 6. The standard InChI is InChI=1S/C15H13NO3S/c17-10-16-12-7-5-11(6-8-12)9-20-14-4-2-1-3-13(14)15(18)19/h1-8,10H,9H2,(H,16,17)(H,18,19). The van der Waals surface area contributed by atoms with Crippen molar-refractivity contribution < 1.29 is 14.7 Å². The molecule has 0 heterocycles. The number of hydrogen-bond donors (Lipinski definition) is 2. The van der Waals surface area contributed by atoms with E-state index in [1.807, 2.05) is 30.3 Å². The highest BCUT2D eigenvalue weighted by Crippen LogP contribution is 2.26. The lowest BCUT2D eigenvalue weighted by atomic mass is 10.2. The van der Waals surface area contributed by atoms with E-state index < -0.39 is 5.97 Å². The minimum Gasteiger partial charge on any atom is -0.478 e. The summed E-state index contributed by atoms with van der Waals surface area (Å²) >= 11 is 1.48. The highest BCUT2D eigenvalue weighted by atomic mass is 32.2. The van der Waals surface area contributed by atoms with E-state index in [1.165, 1.54) is 11.8 Å². The number of aromatic carboxylic acids is 1. The van der Waals surface area contributed by atoms with Gasteiger partial charge in [0.05, 0.1) is 5.56 Å². The summed E-state index contributed by atoms with van der Waals surface area (Å²) in [5.41, 5.74) is 2.11. The van der Waals surface area contributed by atoms with Crippen molar-refractivity contribution in [2.45, 2.75) is 10.6 Å². The zero-order chi connectivity index (χ0) is 14.4. The van der Waals surface area contributed by atoms with E-state index in [1.54, 1.807) is 18.2 Å². The van der Waals surface area contributed by atoms with Gasteiger partial charge < -0.3 is 10.4 Å². The number of anilines is 1. The number of carboxylic acids is 1. The molecular weight excluding hydrogens is 274 g/mol. The fourth-order valence-corrected chi connectivity index (χ4v) is 2.70. The second-order valence-corrected chi connectivity index (χ2v) is 5.07. The van der Waals surface area contributed by atoms with Gasteiger partial charge in [0.15, 0.2) is 0 Å². The summed E-state index contributed by atoms with van der Waals surface area (Å²) in [7, 11) is 0. The van der Waals surface area contributed by atoms with Crippen LogP contribution in [0.5, 0.6) is 0 Å². The van der Waals surface area contributed by atoms with Crippen LogP contribution >= 0.6 is 11.8 Å². The zero-order valence-electron chi connectivity index (χ0n) is 10.6. The van der Waals surface area contributed by atoms with Crippen LogP contribution in [0, 0.1) is 0 Å². The second-order valence-electron chi connectivity index (χ2n) is 4.05. The molecule has 0 atom stereocenters. The summed E-state index contributed by atoms with van der Waals surface area (Å²) in [6.07, 6.45) is 0.632. The maximum Gasteiger partial charge on any atom is 0.336 e. The summed E-state index contributed by atoms with van der Waals surface area (Å²) in [4.78, 5) is 22.1. The Morgan fingerprint density at radius 3 is 2.50 bits per heavy atom. The molecule has 0 saturated heterocycles. The molecule has 1 amide bonds. The molecule has 0 saturated carbocycles. The number of thioether (sulfide) groups is 1. The molecule has 20 heavy (non-hydrogen) atoms. The maximum absolute atomic E-state index is 11.1. The number of carbonyl (C=O) groups excluding carboxylic acids is 1. The van der Waals surface area contributed by atoms with Crippen LogP contribution in [0.25, 0.3) is 0 Å². The third-order valence-corrected chi connectivity index (χ3v) is 3.84. The number of carbonyl (C=O) groups is 2. The van der Waals surface area contributed by atoms with E-state index in [2.05, 4.69) is 5.32 Å². The Morgan fingerprint density at radius 1 is 1.15 bits per heavy atom. The molecule has 0 aliphatic rings. The van der Waals surface area contributed by atoms with Crippen molar-refractivity contribution in [3.8, 4) is 0 Å². The van der Waals surface area contributed by atoms with Gasteiger partial charge in [-0.05, 0) is 29.8 Å². The molecule has 102 valence electrons. The molecule has 0 fully saturated rings. The molecule has 0 aliphatic carbocycles. The second kappa shape index (κ2) is 6.77. The Bertz CT molecular complexity index is 611. The van der Waals surface area contributed by atoms with E-state index in [0.29, 0.717) is 17.7 Å². The first-order valence-corrected chi connectivity index (χ1v) is 6.93. The highest BCUT2D eigenvalue weighted by molar-refractivity contribution is 7.98. The van der Waals surface area contributed by atoms with Crippen LogP contribution in [-0.2, 0) is 10.5 Å². The summed E-state index contributed by atoms with van der Waals surface area (Å²) in [6, 6.07) is 14.4. The lowest BCUT2D eigenvalue weighted by Gasteiger charge is -2.06. The third kappa shape index (κ3) is 3.61. The van der Waals surface area contributed by atoms with Crippen molar-refractivity contribution in [2.75, 3.05) is 5.32 Å². The third-order valence-electron chi connectivity index (χ3n) is 2.69. The SMILES string of the molecule is O=CNc1ccc(CSc2ccccc2C(=O)O)cc1. The first-order valence-electron chi connectivity index (χ1n) is 5.95. The van der Waals surface area contributed by atoms with E-state index in [9.17, 15) is 9.59 Å². The average molecular weight is 287 g/mol. The van der Waals surface area contributed by atoms with Crippen molar-refractivity contribution in [2.24, 2.45) is 0 Å². The molecule has 0 unspecified atom stereocenters. The smallest absolute Gasteiger partial charge is 0.336 e. The molecule has 4 nitrogen and oxygen atoms in total. The molecule has 0 spiro atoms. The minimum absolute atomic E-state index is 0.316. The lowest BCUT2D eigenvalue weighted by Crippen LogP contribution is -1.98. The highest BCUT2D eigenvalue weighted by Gasteiger charge is 2.09. The van der Waals surface area contributed by atoms with Crippen LogP contribution in [-0.4, -0.2) is 17.5 Å². The van der Waals surface area contributed by atoms with E-state index in [0.717, 1.165) is 16.1 Å². The molecule has 0 bridgehead atoms. The van der Waals surface area contributed by atoms with Gasteiger partial charge >= 0.3 is 5.97 Å². The molecule has 2 rings (SSSR count). The van der Waals surface area contributed by atoms with Gasteiger partial charge in [-0.1, -0.05) is 24.3 Å². The molecule has 0 aromatic heterocycles. The van der Waals surface area contributed by atoms with Gasteiger partial charge in [0.2, 0.25) is 6.41 Å². The van der Waals surface area contributed by atoms with Crippen molar-refractivity contribution in [1.82, 2.24) is 0 Å². The van der Waals surface area contributed by atoms with Crippen LogP contribution < -0.4 is 5.32 Å². The predicted molar refractivity (Wildman–Crippen MR) is 79.1 cm³/mol. The monoisotopic (exact) mass is 287 g/mol. The fraction of sp³-hybridized carbons (Fsp3) is 0.0667. The Kier molecular flexibility index (Phi) is 4.79. The Balaban J connectivity index is 2.05. The van der Waals surface area contributed by atoms with Gasteiger partial charge in [-0.15, -0.1) is 11.8 Å².